The van der Waals surface area contributed by atoms with Crippen molar-refractivity contribution >= 4 is 22.4 Å². The van der Waals surface area contributed by atoms with E-state index in [9.17, 15) is 15.0 Å². The minimum absolute atomic E-state index is 0.00866. The Labute approximate surface area is 336 Å². The first kappa shape index (κ1) is 39.6. The summed E-state index contributed by atoms with van der Waals surface area (Å²) in [5.41, 5.74) is 2.83. The molecule has 2 N–H and O–H groups in total. The molecular weight excluding hydrogens is 721 g/mol. The van der Waals surface area contributed by atoms with Crippen LogP contribution in [0.2, 0.25) is 0 Å². The van der Waals surface area contributed by atoms with Crippen molar-refractivity contribution in [3.05, 3.63) is 90.5 Å². The summed E-state index contributed by atoms with van der Waals surface area (Å²) in [5.74, 6) is 0.749. The molecule has 5 aliphatic rings. The predicted molar refractivity (Wildman–Crippen MR) is 219 cm³/mol. The lowest BCUT2D eigenvalue weighted by atomic mass is 9.55. The second-order valence-electron chi connectivity index (χ2n) is 16.5. The number of unbranched alkanes of at least 4 members (excludes halogenated alkanes) is 2. The number of likely N-dealkylation sites (N-methyl/N-ethyl adjacent to an activating group) is 1. The van der Waals surface area contributed by atoms with Crippen molar-refractivity contribution in [3.8, 4) is 17.2 Å². The molecule has 1 saturated heterocycles. The monoisotopic (exact) mass is 778 g/mol. The molecule has 10 heteroatoms. The number of benzene rings is 3. The molecular formula is C47H58N2O8. The number of fused-ring (bicyclic) bond motifs is 3. The molecule has 2 saturated carbocycles. The average molecular weight is 779 g/mol. The smallest absolute Gasteiger partial charge is 0.239 e. The number of aliphatic hydroxyl groups excluding tert-OH is 2. The Morgan fingerprint density at radius 1 is 0.965 bits per heavy atom. The summed E-state index contributed by atoms with van der Waals surface area (Å²) in [5, 5.41) is 27.0. The molecule has 3 aromatic rings. The van der Waals surface area contributed by atoms with Crippen molar-refractivity contribution in [1.29, 1.82) is 0 Å². The van der Waals surface area contributed by atoms with Gasteiger partial charge >= 0.3 is 0 Å². The topological polar surface area (TPSA) is 119 Å². The third-order valence-electron chi connectivity index (χ3n) is 12.8. The maximum atomic E-state index is 14.1. The SMILES string of the molecule is C=CCOC12Oc3ccc(Oc4ccc5ccccc5c4)cc3C3C(CCCCO)C(CCCCO)C=C(C(=NOC4CCCCO4)CC1N(C)C(=O)C1CC1)C32. The van der Waals surface area contributed by atoms with E-state index in [2.05, 4.69) is 43.0 Å². The van der Waals surface area contributed by atoms with Gasteiger partial charge < -0.3 is 38.9 Å². The number of oxime groups is 1. The summed E-state index contributed by atoms with van der Waals surface area (Å²) < 4.78 is 26.9. The van der Waals surface area contributed by atoms with Crippen LogP contribution >= 0.6 is 0 Å². The molecule has 7 atom stereocenters. The number of carbonyl (C=O) groups is 1. The largest absolute Gasteiger partial charge is 0.459 e. The zero-order valence-electron chi connectivity index (χ0n) is 33.2. The molecule has 7 unspecified atom stereocenters. The van der Waals surface area contributed by atoms with E-state index in [0.29, 0.717) is 37.4 Å². The van der Waals surface area contributed by atoms with Crippen LogP contribution in [0, 0.1) is 23.7 Å². The van der Waals surface area contributed by atoms with Crippen molar-refractivity contribution in [2.24, 2.45) is 28.8 Å². The van der Waals surface area contributed by atoms with Gasteiger partial charge in [0.1, 0.15) is 23.3 Å². The van der Waals surface area contributed by atoms with Crippen molar-refractivity contribution < 1.29 is 38.8 Å². The third kappa shape index (κ3) is 8.24. The summed E-state index contributed by atoms with van der Waals surface area (Å²) in [6.45, 7) is 5.16. The maximum Gasteiger partial charge on any atom is 0.239 e. The average Bonchev–Trinajstić information content (AvgIpc) is 4.09. The first-order valence-corrected chi connectivity index (χ1v) is 21.2. The normalized spacial score (nSPS) is 28.5. The Hall–Kier alpha value is -4.22. The van der Waals surface area contributed by atoms with Crippen LogP contribution in [0.1, 0.15) is 88.5 Å². The maximum absolute atomic E-state index is 14.1. The number of hydrogen-bond donors (Lipinski definition) is 2. The zero-order chi connectivity index (χ0) is 39.4. The Morgan fingerprint density at radius 2 is 1.74 bits per heavy atom. The van der Waals surface area contributed by atoms with Crippen molar-refractivity contribution in [1.82, 2.24) is 4.90 Å². The van der Waals surface area contributed by atoms with Crippen LogP contribution in [0.15, 0.2) is 90.1 Å². The van der Waals surface area contributed by atoms with Gasteiger partial charge in [-0.15, -0.1) is 6.58 Å². The molecule has 2 heterocycles. The summed E-state index contributed by atoms with van der Waals surface area (Å²) in [4.78, 5) is 22.1. The number of aliphatic hydroxyl groups is 2. The van der Waals surface area contributed by atoms with Crippen molar-refractivity contribution in [2.75, 3.05) is 33.5 Å². The molecule has 3 fully saturated rings. The van der Waals surface area contributed by atoms with Crippen molar-refractivity contribution in [3.63, 3.8) is 0 Å². The van der Waals surface area contributed by atoms with Crippen molar-refractivity contribution in [2.45, 2.75) is 101 Å². The summed E-state index contributed by atoms with van der Waals surface area (Å²) >= 11 is 0. The van der Waals surface area contributed by atoms with Crippen LogP contribution in [-0.4, -0.2) is 78.3 Å². The molecule has 3 aromatic carbocycles. The van der Waals surface area contributed by atoms with Crippen LogP contribution in [0.5, 0.6) is 17.2 Å². The number of ether oxygens (including phenoxy) is 4. The Kier molecular flexibility index (Phi) is 12.3. The molecule has 1 amide bonds. The van der Waals surface area contributed by atoms with Gasteiger partial charge in [0.25, 0.3) is 0 Å². The second kappa shape index (κ2) is 17.7. The van der Waals surface area contributed by atoms with Crippen LogP contribution in [0.4, 0.5) is 0 Å². The first-order chi connectivity index (χ1) is 27.9. The zero-order valence-corrected chi connectivity index (χ0v) is 33.2. The summed E-state index contributed by atoms with van der Waals surface area (Å²) in [7, 11) is 1.88. The van der Waals surface area contributed by atoms with Crippen LogP contribution in [0.25, 0.3) is 10.8 Å². The van der Waals surface area contributed by atoms with E-state index < -0.39 is 18.1 Å². The van der Waals surface area contributed by atoms with Crippen LogP contribution < -0.4 is 9.47 Å². The molecule has 0 spiro atoms. The number of carbonyl (C=O) groups excluding carboxylic acids is 1. The molecule has 3 aliphatic carbocycles. The number of allylic oxidation sites excluding steroid dienone is 1. The number of hydrogen-bond acceptors (Lipinski definition) is 9. The van der Waals surface area contributed by atoms with Gasteiger partial charge in [0.15, 0.2) is 0 Å². The van der Waals surface area contributed by atoms with Crippen LogP contribution in [0.3, 0.4) is 0 Å². The standard InChI is InChI=1S/C47H58N2O8/c1-3-25-54-47-42(49(2)46(52)32-17-18-32)30-40(48-57-43-16-8-11-26-53-43)38-28-34(14-6-9-23-50)37(15-7-10-24-51)44(45(38)47)39-29-36(21-22-41(39)56-47)55-35-20-19-31-12-4-5-13-33(31)27-35/h3-5,12-13,19-22,27-29,32,34,37,42-45,50-51H,1,6-11,14-18,23-26,30H2,2H3. The molecule has 2 aliphatic heterocycles. The fourth-order valence-electron chi connectivity index (χ4n) is 9.85. The molecule has 0 aromatic heterocycles. The second-order valence-corrected chi connectivity index (χ2v) is 16.5. The van der Waals surface area contributed by atoms with E-state index in [-0.39, 0.29) is 55.3 Å². The lowest BCUT2D eigenvalue weighted by Crippen LogP contribution is -2.69. The highest BCUT2D eigenvalue weighted by Gasteiger charge is 2.65. The van der Waals surface area contributed by atoms with E-state index in [1.165, 1.54) is 0 Å². The third-order valence-corrected chi connectivity index (χ3v) is 12.8. The summed E-state index contributed by atoms with van der Waals surface area (Å²) in [6.07, 6.45) is 13.5. The number of amides is 1. The summed E-state index contributed by atoms with van der Waals surface area (Å²) in [6, 6.07) is 19.9. The van der Waals surface area contributed by atoms with E-state index in [1.807, 2.05) is 42.3 Å². The first-order valence-electron chi connectivity index (χ1n) is 21.2. The number of nitrogens with zero attached hydrogens (tertiary/aromatic N) is 2. The molecule has 10 nitrogen and oxygen atoms in total. The highest BCUT2D eigenvalue weighted by molar-refractivity contribution is 6.03. The predicted octanol–water partition coefficient (Wildman–Crippen LogP) is 8.66. The van der Waals surface area contributed by atoms with Crippen LogP contribution in [-0.2, 0) is 19.1 Å². The van der Waals surface area contributed by atoms with Gasteiger partial charge in [0, 0.05) is 50.5 Å². The van der Waals surface area contributed by atoms with Gasteiger partial charge in [-0.25, -0.2) is 0 Å². The lowest BCUT2D eigenvalue weighted by molar-refractivity contribution is -0.256. The Balaban J connectivity index is 1.28. The van der Waals surface area contributed by atoms with Gasteiger partial charge in [-0.05, 0) is 110 Å². The van der Waals surface area contributed by atoms with Gasteiger partial charge in [-0.1, -0.05) is 60.5 Å². The van der Waals surface area contributed by atoms with E-state index in [1.54, 1.807) is 6.08 Å². The minimum Gasteiger partial charge on any atom is -0.459 e. The Morgan fingerprint density at radius 3 is 2.49 bits per heavy atom. The number of rotatable bonds is 17. The molecule has 57 heavy (non-hydrogen) atoms. The highest BCUT2D eigenvalue weighted by atomic mass is 16.8. The van der Waals surface area contributed by atoms with E-state index in [4.69, 9.17) is 28.9 Å². The van der Waals surface area contributed by atoms with Gasteiger partial charge in [-0.3, -0.25) is 4.79 Å². The minimum atomic E-state index is -1.26. The lowest BCUT2D eigenvalue weighted by Gasteiger charge is -2.59. The highest BCUT2D eigenvalue weighted by Crippen LogP contribution is 2.62. The molecule has 304 valence electrons. The Bertz CT molecular complexity index is 1950. The quantitative estimate of drug-likeness (QED) is 0.0795. The fourth-order valence-corrected chi connectivity index (χ4v) is 9.85. The van der Waals surface area contributed by atoms with E-state index >= 15 is 0 Å². The van der Waals surface area contributed by atoms with Gasteiger partial charge in [0.05, 0.1) is 24.8 Å². The van der Waals surface area contributed by atoms with Gasteiger partial charge in [0.2, 0.25) is 18.0 Å². The fraction of sp³-hybridized carbons (Fsp3) is 0.532. The molecule has 0 radical (unpaired) electrons. The van der Waals surface area contributed by atoms with E-state index in [0.717, 1.165) is 91.2 Å². The van der Waals surface area contributed by atoms with Gasteiger partial charge in [-0.2, -0.15) is 0 Å². The molecule has 0 bridgehead atoms. The molecule has 8 rings (SSSR count).